The van der Waals surface area contributed by atoms with Crippen LogP contribution in [0.3, 0.4) is 0 Å². The molecular formula is C13H24N2O4. The van der Waals surface area contributed by atoms with Gasteiger partial charge in [-0.25, -0.2) is 9.59 Å². The molecule has 1 saturated heterocycles. The highest BCUT2D eigenvalue weighted by Crippen LogP contribution is 2.13. The van der Waals surface area contributed by atoms with Crippen molar-refractivity contribution in [2.75, 3.05) is 13.2 Å². The number of hydrogen-bond acceptors (Lipinski definition) is 3. The molecule has 0 saturated carbocycles. The monoisotopic (exact) mass is 272 g/mol. The standard InChI is InChI=1S/C13H24N2O4/c1-5-8(2)11(12(16)17)14-13(18)15-6-10(4)19-7-9(15)3/h8-11H,5-7H2,1-4H3,(H,14,18)(H,16,17)/t8-,9?,10?,11-/m0/s1. The average molecular weight is 272 g/mol. The van der Waals surface area contributed by atoms with E-state index >= 15 is 0 Å². The van der Waals surface area contributed by atoms with E-state index in [-0.39, 0.29) is 24.1 Å². The van der Waals surface area contributed by atoms with E-state index in [0.29, 0.717) is 19.6 Å². The molecule has 0 aliphatic carbocycles. The zero-order valence-electron chi connectivity index (χ0n) is 12.0. The number of rotatable bonds is 4. The highest BCUT2D eigenvalue weighted by molar-refractivity contribution is 5.83. The first-order valence-electron chi connectivity index (χ1n) is 6.78. The average Bonchev–Trinajstić information content (AvgIpc) is 2.37. The molecule has 19 heavy (non-hydrogen) atoms. The van der Waals surface area contributed by atoms with Crippen molar-refractivity contribution in [2.45, 2.75) is 52.3 Å². The number of nitrogens with zero attached hydrogens (tertiary/aromatic N) is 1. The van der Waals surface area contributed by atoms with E-state index in [1.807, 2.05) is 27.7 Å². The molecule has 0 aromatic rings. The SMILES string of the molecule is CC[C@H](C)[C@H](NC(=O)N1CC(C)OCC1C)C(=O)O. The molecule has 1 heterocycles. The Hall–Kier alpha value is -1.30. The Labute approximate surface area is 114 Å². The lowest BCUT2D eigenvalue weighted by atomic mass is 9.99. The van der Waals surface area contributed by atoms with E-state index in [0.717, 1.165) is 0 Å². The quantitative estimate of drug-likeness (QED) is 0.808. The Balaban J connectivity index is 2.68. The van der Waals surface area contributed by atoms with Crippen LogP contribution in [-0.4, -0.2) is 53.3 Å². The number of carbonyl (C=O) groups is 2. The molecule has 0 spiro atoms. The minimum Gasteiger partial charge on any atom is -0.480 e. The third kappa shape index (κ3) is 4.09. The van der Waals surface area contributed by atoms with Crippen molar-refractivity contribution >= 4 is 12.0 Å². The number of hydrogen-bond donors (Lipinski definition) is 2. The van der Waals surface area contributed by atoms with E-state index in [9.17, 15) is 14.7 Å². The molecule has 0 aromatic carbocycles. The zero-order valence-corrected chi connectivity index (χ0v) is 12.0. The summed E-state index contributed by atoms with van der Waals surface area (Å²) in [5.74, 6) is -1.09. The van der Waals surface area contributed by atoms with Crippen LogP contribution < -0.4 is 5.32 Å². The van der Waals surface area contributed by atoms with Gasteiger partial charge in [0.25, 0.3) is 0 Å². The van der Waals surface area contributed by atoms with Crippen molar-refractivity contribution in [1.29, 1.82) is 0 Å². The maximum absolute atomic E-state index is 12.2. The van der Waals surface area contributed by atoms with Gasteiger partial charge in [-0.05, 0) is 19.8 Å². The predicted molar refractivity (Wildman–Crippen MR) is 71.0 cm³/mol. The van der Waals surface area contributed by atoms with Crippen molar-refractivity contribution < 1.29 is 19.4 Å². The molecule has 2 amide bonds. The molecule has 0 radical (unpaired) electrons. The van der Waals surface area contributed by atoms with E-state index < -0.39 is 12.0 Å². The molecule has 1 aliphatic rings. The second kappa shape index (κ2) is 6.75. The van der Waals surface area contributed by atoms with E-state index in [2.05, 4.69) is 5.32 Å². The molecule has 0 aromatic heterocycles. The van der Waals surface area contributed by atoms with Gasteiger partial charge in [-0.2, -0.15) is 0 Å². The van der Waals surface area contributed by atoms with Crippen LogP contribution in [0.2, 0.25) is 0 Å². The van der Waals surface area contributed by atoms with Gasteiger partial charge in [0.2, 0.25) is 0 Å². The smallest absolute Gasteiger partial charge is 0.326 e. The van der Waals surface area contributed by atoms with Gasteiger partial charge in [0, 0.05) is 6.54 Å². The Kier molecular flexibility index (Phi) is 5.60. The molecule has 6 heteroatoms. The topological polar surface area (TPSA) is 78.9 Å². The molecule has 2 N–H and O–H groups in total. The van der Waals surface area contributed by atoms with Crippen LogP contribution in [0.1, 0.15) is 34.1 Å². The summed E-state index contributed by atoms with van der Waals surface area (Å²) in [7, 11) is 0. The second-order valence-corrected chi connectivity index (χ2v) is 5.30. The normalized spacial score (nSPS) is 26.6. The van der Waals surface area contributed by atoms with E-state index in [1.165, 1.54) is 0 Å². The van der Waals surface area contributed by atoms with Gasteiger partial charge in [0.15, 0.2) is 0 Å². The summed E-state index contributed by atoms with van der Waals surface area (Å²) in [4.78, 5) is 25.0. The zero-order chi connectivity index (χ0) is 14.6. The van der Waals surface area contributed by atoms with Crippen LogP contribution in [-0.2, 0) is 9.53 Å². The fourth-order valence-electron chi connectivity index (χ4n) is 2.09. The van der Waals surface area contributed by atoms with Gasteiger partial charge in [-0.15, -0.1) is 0 Å². The lowest BCUT2D eigenvalue weighted by molar-refractivity contribution is -0.140. The molecule has 1 aliphatic heterocycles. The van der Waals surface area contributed by atoms with Crippen molar-refractivity contribution in [3.63, 3.8) is 0 Å². The van der Waals surface area contributed by atoms with Crippen molar-refractivity contribution in [3.05, 3.63) is 0 Å². The van der Waals surface area contributed by atoms with Crippen LogP contribution >= 0.6 is 0 Å². The number of morpholine rings is 1. The van der Waals surface area contributed by atoms with Gasteiger partial charge in [-0.1, -0.05) is 20.3 Å². The van der Waals surface area contributed by atoms with Crippen molar-refractivity contribution in [3.8, 4) is 0 Å². The van der Waals surface area contributed by atoms with E-state index in [1.54, 1.807) is 4.90 Å². The highest BCUT2D eigenvalue weighted by atomic mass is 16.5. The molecule has 1 rings (SSSR count). The van der Waals surface area contributed by atoms with Gasteiger partial charge < -0.3 is 20.1 Å². The molecule has 6 nitrogen and oxygen atoms in total. The Morgan fingerprint density at radius 1 is 1.47 bits per heavy atom. The number of carbonyl (C=O) groups excluding carboxylic acids is 1. The van der Waals surface area contributed by atoms with E-state index in [4.69, 9.17) is 4.74 Å². The first-order chi connectivity index (χ1) is 8.86. The highest BCUT2D eigenvalue weighted by Gasteiger charge is 2.32. The first kappa shape index (κ1) is 15.8. The lowest BCUT2D eigenvalue weighted by Crippen LogP contribution is -2.57. The fourth-order valence-corrected chi connectivity index (χ4v) is 2.09. The van der Waals surface area contributed by atoms with Crippen LogP contribution in [0, 0.1) is 5.92 Å². The predicted octanol–water partition coefficient (Wildman–Crippen LogP) is 1.30. The number of ether oxygens (including phenoxy) is 1. The third-order valence-electron chi connectivity index (χ3n) is 3.63. The largest absolute Gasteiger partial charge is 0.480 e. The number of carboxylic acid groups (broad SMARTS) is 1. The third-order valence-corrected chi connectivity index (χ3v) is 3.63. The summed E-state index contributed by atoms with van der Waals surface area (Å²) in [5.41, 5.74) is 0. The minimum absolute atomic E-state index is 0.0196. The summed E-state index contributed by atoms with van der Waals surface area (Å²) in [6.07, 6.45) is 0.681. The Bertz CT molecular complexity index is 335. The lowest BCUT2D eigenvalue weighted by Gasteiger charge is -2.37. The van der Waals surface area contributed by atoms with Crippen LogP contribution in [0.4, 0.5) is 4.79 Å². The number of carboxylic acids is 1. The number of aliphatic carboxylic acids is 1. The molecule has 4 atom stereocenters. The maximum Gasteiger partial charge on any atom is 0.326 e. The minimum atomic E-state index is -0.989. The summed E-state index contributed by atoms with van der Waals surface area (Å²) >= 11 is 0. The summed E-state index contributed by atoms with van der Waals surface area (Å²) in [6.45, 7) is 8.49. The molecular weight excluding hydrogens is 248 g/mol. The number of nitrogens with one attached hydrogen (secondary N) is 1. The number of amides is 2. The first-order valence-corrected chi connectivity index (χ1v) is 6.78. The summed E-state index contributed by atoms with van der Waals surface area (Å²) in [6, 6.07) is -1.21. The van der Waals surface area contributed by atoms with Gasteiger partial charge in [0.1, 0.15) is 6.04 Å². The van der Waals surface area contributed by atoms with Crippen molar-refractivity contribution in [2.24, 2.45) is 5.92 Å². The van der Waals surface area contributed by atoms with Crippen molar-refractivity contribution in [1.82, 2.24) is 10.2 Å². The van der Waals surface area contributed by atoms with Crippen LogP contribution in [0.25, 0.3) is 0 Å². The Morgan fingerprint density at radius 2 is 2.11 bits per heavy atom. The van der Waals surface area contributed by atoms with Crippen LogP contribution in [0.15, 0.2) is 0 Å². The van der Waals surface area contributed by atoms with Gasteiger partial charge in [0.05, 0.1) is 18.8 Å². The molecule has 1 fully saturated rings. The molecule has 2 unspecified atom stereocenters. The number of urea groups is 1. The fraction of sp³-hybridized carbons (Fsp3) is 0.846. The second-order valence-electron chi connectivity index (χ2n) is 5.30. The summed E-state index contributed by atoms with van der Waals surface area (Å²) in [5, 5.41) is 11.8. The maximum atomic E-state index is 12.2. The molecule has 110 valence electrons. The molecule has 0 bridgehead atoms. The van der Waals surface area contributed by atoms with Gasteiger partial charge >= 0.3 is 12.0 Å². The van der Waals surface area contributed by atoms with Gasteiger partial charge in [-0.3, -0.25) is 0 Å². The van der Waals surface area contributed by atoms with Crippen LogP contribution in [0.5, 0.6) is 0 Å². The Morgan fingerprint density at radius 3 is 2.63 bits per heavy atom. The summed E-state index contributed by atoms with van der Waals surface area (Å²) < 4.78 is 5.45.